The summed E-state index contributed by atoms with van der Waals surface area (Å²) in [5, 5.41) is 6.41. The summed E-state index contributed by atoms with van der Waals surface area (Å²) in [5.41, 5.74) is 2.74. The summed E-state index contributed by atoms with van der Waals surface area (Å²) in [6.07, 6.45) is 0. The van der Waals surface area contributed by atoms with Gasteiger partial charge in [-0.25, -0.2) is 4.98 Å². The van der Waals surface area contributed by atoms with Crippen LogP contribution in [-0.4, -0.2) is 16.0 Å². The fraction of sp³-hybridized carbons (Fsp3) is 0.250. The first-order valence-electron chi connectivity index (χ1n) is 5.26. The number of anilines is 1. The number of hydrogen-bond acceptors (Lipinski definition) is 4. The van der Waals surface area contributed by atoms with Crippen molar-refractivity contribution in [3.05, 3.63) is 40.8 Å². The van der Waals surface area contributed by atoms with Crippen LogP contribution in [0.1, 0.15) is 27.4 Å². The van der Waals surface area contributed by atoms with Crippen LogP contribution in [0.4, 0.5) is 5.88 Å². The van der Waals surface area contributed by atoms with Crippen LogP contribution in [0.2, 0.25) is 0 Å². The Morgan fingerprint density at radius 3 is 2.65 bits per heavy atom. The molecule has 0 radical (unpaired) electrons. The number of rotatable bonds is 2. The van der Waals surface area contributed by atoms with E-state index < -0.39 is 0 Å². The maximum absolute atomic E-state index is 11.9. The van der Waals surface area contributed by atoms with E-state index in [1.807, 2.05) is 26.8 Å². The molecule has 0 bridgehead atoms. The Morgan fingerprint density at radius 2 is 2.06 bits per heavy atom. The molecule has 2 rings (SSSR count). The highest BCUT2D eigenvalue weighted by Gasteiger charge is 2.13. The van der Waals surface area contributed by atoms with Gasteiger partial charge in [0.15, 0.2) is 0 Å². The molecule has 0 atom stereocenters. The van der Waals surface area contributed by atoms with Crippen LogP contribution < -0.4 is 5.32 Å². The molecule has 1 N–H and O–H groups in total. The van der Waals surface area contributed by atoms with Crippen molar-refractivity contribution in [2.75, 3.05) is 5.32 Å². The third kappa shape index (κ3) is 2.33. The number of carbonyl (C=O) groups is 1. The van der Waals surface area contributed by atoms with E-state index in [9.17, 15) is 4.79 Å². The Kier molecular flexibility index (Phi) is 2.91. The lowest BCUT2D eigenvalue weighted by Gasteiger charge is -2.02. The number of amides is 1. The van der Waals surface area contributed by atoms with Crippen LogP contribution in [0, 0.1) is 20.8 Å². The first-order chi connectivity index (χ1) is 8.08. The molecule has 88 valence electrons. The number of aryl methyl sites for hydroxylation is 2. The molecule has 0 spiro atoms. The minimum absolute atomic E-state index is 0.298. The fourth-order valence-electron chi connectivity index (χ4n) is 1.37. The standard InChI is InChI=1S/C12H13N3O2/c1-7-5-4-6-10(13-7)11(16)14-12-8(2)9(3)15-17-12/h4-6H,1-3H3,(H,14,16). The summed E-state index contributed by atoms with van der Waals surface area (Å²) in [4.78, 5) is 16.0. The second kappa shape index (κ2) is 4.37. The first kappa shape index (κ1) is 11.3. The summed E-state index contributed by atoms with van der Waals surface area (Å²) in [7, 11) is 0. The Labute approximate surface area is 98.8 Å². The van der Waals surface area contributed by atoms with Crippen LogP contribution in [0.5, 0.6) is 0 Å². The van der Waals surface area contributed by atoms with E-state index in [4.69, 9.17) is 4.52 Å². The van der Waals surface area contributed by atoms with Crippen molar-refractivity contribution in [2.45, 2.75) is 20.8 Å². The second-order valence-corrected chi connectivity index (χ2v) is 3.84. The molecular formula is C12H13N3O2. The molecule has 1 amide bonds. The molecule has 0 aliphatic heterocycles. The smallest absolute Gasteiger partial charge is 0.276 e. The minimum atomic E-state index is -0.298. The molecule has 2 heterocycles. The number of nitrogens with zero attached hydrogens (tertiary/aromatic N) is 2. The van der Waals surface area contributed by atoms with Crippen molar-refractivity contribution in [2.24, 2.45) is 0 Å². The summed E-state index contributed by atoms with van der Waals surface area (Å²) >= 11 is 0. The van der Waals surface area contributed by atoms with Gasteiger partial charge in [0.25, 0.3) is 5.91 Å². The largest absolute Gasteiger partial charge is 0.338 e. The van der Waals surface area contributed by atoms with E-state index >= 15 is 0 Å². The van der Waals surface area contributed by atoms with E-state index in [0.717, 1.165) is 17.0 Å². The van der Waals surface area contributed by atoms with Crippen LogP contribution in [0.15, 0.2) is 22.7 Å². The van der Waals surface area contributed by atoms with E-state index in [0.29, 0.717) is 11.6 Å². The Morgan fingerprint density at radius 1 is 1.29 bits per heavy atom. The van der Waals surface area contributed by atoms with Crippen molar-refractivity contribution in [1.82, 2.24) is 10.1 Å². The van der Waals surface area contributed by atoms with Gasteiger partial charge in [0, 0.05) is 11.3 Å². The lowest BCUT2D eigenvalue weighted by Crippen LogP contribution is -2.14. The number of pyridine rings is 1. The monoisotopic (exact) mass is 231 g/mol. The Bertz CT molecular complexity index is 561. The average Bonchev–Trinajstić information content (AvgIpc) is 2.61. The third-order valence-electron chi connectivity index (χ3n) is 2.51. The van der Waals surface area contributed by atoms with E-state index in [2.05, 4.69) is 15.5 Å². The first-order valence-corrected chi connectivity index (χ1v) is 5.26. The fourth-order valence-corrected chi connectivity index (χ4v) is 1.37. The molecule has 5 heteroatoms. The molecule has 17 heavy (non-hydrogen) atoms. The number of hydrogen-bond donors (Lipinski definition) is 1. The van der Waals surface area contributed by atoms with Crippen molar-refractivity contribution >= 4 is 11.8 Å². The quantitative estimate of drug-likeness (QED) is 0.860. The summed E-state index contributed by atoms with van der Waals surface area (Å²) in [5.74, 6) is 0.0729. The highest BCUT2D eigenvalue weighted by molar-refractivity contribution is 6.02. The zero-order valence-corrected chi connectivity index (χ0v) is 9.94. The second-order valence-electron chi connectivity index (χ2n) is 3.84. The van der Waals surface area contributed by atoms with E-state index in [-0.39, 0.29) is 5.91 Å². The summed E-state index contributed by atoms with van der Waals surface area (Å²) in [6, 6.07) is 5.28. The van der Waals surface area contributed by atoms with Gasteiger partial charge >= 0.3 is 0 Å². The van der Waals surface area contributed by atoms with Crippen molar-refractivity contribution in [3.8, 4) is 0 Å². The molecule has 0 aliphatic rings. The zero-order valence-electron chi connectivity index (χ0n) is 9.94. The highest BCUT2D eigenvalue weighted by atomic mass is 16.5. The molecule has 0 aromatic carbocycles. The topological polar surface area (TPSA) is 68.0 Å². The minimum Gasteiger partial charge on any atom is -0.338 e. The van der Waals surface area contributed by atoms with Crippen molar-refractivity contribution in [3.63, 3.8) is 0 Å². The molecular weight excluding hydrogens is 218 g/mol. The van der Waals surface area contributed by atoms with Crippen molar-refractivity contribution in [1.29, 1.82) is 0 Å². The van der Waals surface area contributed by atoms with Gasteiger partial charge in [0.05, 0.1) is 5.69 Å². The molecule has 0 fully saturated rings. The van der Waals surface area contributed by atoms with E-state index in [1.54, 1.807) is 12.1 Å². The maximum Gasteiger partial charge on any atom is 0.276 e. The van der Waals surface area contributed by atoms with Gasteiger partial charge in [-0.15, -0.1) is 0 Å². The van der Waals surface area contributed by atoms with Crippen LogP contribution in [-0.2, 0) is 0 Å². The van der Waals surface area contributed by atoms with Crippen LogP contribution in [0.3, 0.4) is 0 Å². The molecule has 0 unspecified atom stereocenters. The van der Waals surface area contributed by atoms with Gasteiger partial charge in [-0.05, 0) is 32.9 Å². The number of nitrogens with one attached hydrogen (secondary N) is 1. The van der Waals surface area contributed by atoms with E-state index in [1.165, 1.54) is 0 Å². The molecule has 0 saturated carbocycles. The van der Waals surface area contributed by atoms with Crippen LogP contribution >= 0.6 is 0 Å². The average molecular weight is 231 g/mol. The highest BCUT2D eigenvalue weighted by Crippen LogP contribution is 2.17. The van der Waals surface area contributed by atoms with Crippen LogP contribution in [0.25, 0.3) is 0 Å². The molecule has 2 aromatic heterocycles. The van der Waals surface area contributed by atoms with Crippen molar-refractivity contribution < 1.29 is 9.32 Å². The van der Waals surface area contributed by atoms with Gasteiger partial charge in [-0.3, -0.25) is 10.1 Å². The van der Waals surface area contributed by atoms with Gasteiger partial charge in [-0.2, -0.15) is 0 Å². The van der Waals surface area contributed by atoms with Gasteiger partial charge in [0.2, 0.25) is 5.88 Å². The predicted octanol–water partition coefficient (Wildman–Crippen LogP) is 2.25. The third-order valence-corrected chi connectivity index (χ3v) is 2.51. The Balaban J connectivity index is 2.20. The van der Waals surface area contributed by atoms with Gasteiger partial charge < -0.3 is 4.52 Å². The molecule has 0 saturated heterocycles. The molecule has 0 aliphatic carbocycles. The summed E-state index contributed by atoms with van der Waals surface area (Å²) in [6.45, 7) is 5.49. The lowest BCUT2D eigenvalue weighted by molar-refractivity contribution is 0.101. The van der Waals surface area contributed by atoms with Gasteiger partial charge in [0.1, 0.15) is 5.69 Å². The number of aromatic nitrogens is 2. The predicted molar refractivity (Wildman–Crippen MR) is 62.9 cm³/mol. The van der Waals surface area contributed by atoms with Gasteiger partial charge in [-0.1, -0.05) is 11.2 Å². The normalized spacial score (nSPS) is 10.3. The zero-order chi connectivity index (χ0) is 12.4. The Hall–Kier alpha value is -2.17. The molecule has 2 aromatic rings. The lowest BCUT2D eigenvalue weighted by atomic mass is 10.2. The number of carbonyl (C=O) groups excluding carboxylic acids is 1. The molecule has 5 nitrogen and oxygen atoms in total. The summed E-state index contributed by atoms with van der Waals surface area (Å²) < 4.78 is 5.01. The maximum atomic E-state index is 11.9. The SMILES string of the molecule is Cc1cccc(C(=O)Nc2onc(C)c2C)n1.